The summed E-state index contributed by atoms with van der Waals surface area (Å²) in [4.78, 5) is 45.9. The van der Waals surface area contributed by atoms with Crippen LogP contribution >= 0.6 is 15.9 Å². The Morgan fingerprint density at radius 1 is 1.32 bits per heavy atom. The molecule has 19 heavy (non-hydrogen) atoms. The third-order valence-electron chi connectivity index (χ3n) is 2.78. The van der Waals surface area contributed by atoms with Crippen molar-refractivity contribution in [2.45, 2.75) is 31.7 Å². The third kappa shape index (κ3) is 4.30. The van der Waals surface area contributed by atoms with E-state index in [0.717, 1.165) is 4.90 Å². The van der Waals surface area contributed by atoms with Gasteiger partial charge in [-0.2, -0.15) is 0 Å². The van der Waals surface area contributed by atoms with Crippen molar-refractivity contribution in [3.05, 3.63) is 0 Å². The summed E-state index contributed by atoms with van der Waals surface area (Å²) in [7, 11) is 0. The van der Waals surface area contributed by atoms with Crippen molar-refractivity contribution >= 4 is 39.6 Å². The molecule has 1 aliphatic rings. The number of nitrogens with zero attached hydrogens (tertiary/aromatic N) is 1. The number of hydrogen-bond donors (Lipinski definition) is 2. The Morgan fingerprint density at radius 2 is 1.89 bits per heavy atom. The van der Waals surface area contributed by atoms with Crippen LogP contribution in [0.25, 0.3) is 0 Å². The molecule has 0 bridgehead atoms. The van der Waals surface area contributed by atoms with Gasteiger partial charge < -0.3 is 10.4 Å². The van der Waals surface area contributed by atoms with Crippen molar-refractivity contribution in [1.29, 1.82) is 0 Å². The van der Waals surface area contributed by atoms with Crippen molar-refractivity contribution < 1.29 is 24.3 Å². The molecule has 0 spiro atoms. The van der Waals surface area contributed by atoms with Gasteiger partial charge in [0.25, 0.3) is 0 Å². The minimum atomic E-state index is -1.20. The highest BCUT2D eigenvalue weighted by Gasteiger charge is 2.38. The Morgan fingerprint density at radius 3 is 2.37 bits per heavy atom. The minimum Gasteiger partial charge on any atom is -0.480 e. The van der Waals surface area contributed by atoms with Crippen molar-refractivity contribution in [2.75, 3.05) is 11.9 Å². The van der Waals surface area contributed by atoms with Crippen LogP contribution in [0.2, 0.25) is 0 Å². The number of carbonyl (C=O) groups is 4. The second-order valence-corrected chi connectivity index (χ2v) is 4.70. The number of rotatable bonds is 7. The van der Waals surface area contributed by atoms with E-state index < -0.39 is 23.8 Å². The maximum Gasteiger partial charge on any atom is 0.326 e. The van der Waals surface area contributed by atoms with E-state index in [1.165, 1.54) is 0 Å². The number of aliphatic carboxylic acids is 1. The number of carboxylic acid groups (broad SMARTS) is 1. The lowest BCUT2D eigenvalue weighted by Crippen LogP contribution is -2.44. The predicted molar refractivity (Wildman–Crippen MR) is 68.5 cm³/mol. The number of hydrogen-bond acceptors (Lipinski definition) is 4. The molecular formula is C11H15BrN2O5. The lowest BCUT2D eigenvalue weighted by molar-refractivity contribution is -0.154. The molecule has 1 rings (SSSR count). The molecule has 1 unspecified atom stereocenters. The molecule has 8 heteroatoms. The molecule has 0 saturated carbocycles. The van der Waals surface area contributed by atoms with Gasteiger partial charge in [0.2, 0.25) is 17.7 Å². The normalized spacial score (nSPS) is 16.6. The van der Waals surface area contributed by atoms with Crippen molar-refractivity contribution in [1.82, 2.24) is 10.2 Å². The zero-order valence-electron chi connectivity index (χ0n) is 10.2. The molecule has 0 aliphatic carbocycles. The fourth-order valence-electron chi connectivity index (χ4n) is 1.87. The molecule has 1 aliphatic heterocycles. The van der Waals surface area contributed by atoms with E-state index in [9.17, 15) is 19.2 Å². The summed E-state index contributed by atoms with van der Waals surface area (Å²) in [5, 5.41) is 11.8. The van der Waals surface area contributed by atoms with Gasteiger partial charge in [-0.3, -0.25) is 19.3 Å². The maximum absolute atomic E-state index is 11.5. The van der Waals surface area contributed by atoms with Crippen molar-refractivity contribution in [3.8, 4) is 0 Å². The van der Waals surface area contributed by atoms with E-state index in [4.69, 9.17) is 5.11 Å². The molecular weight excluding hydrogens is 320 g/mol. The standard InChI is InChI=1S/C11H15BrN2O5/c12-6-8(15)13-5-1-2-7(11(18)19)14-9(16)3-4-10(14)17/h7H,1-6H2,(H,13,15)(H,18,19). The van der Waals surface area contributed by atoms with Gasteiger partial charge in [-0.05, 0) is 12.8 Å². The Bertz CT molecular complexity index is 383. The largest absolute Gasteiger partial charge is 0.480 e. The minimum absolute atomic E-state index is 0.0724. The molecule has 1 atom stereocenters. The summed E-state index contributed by atoms with van der Waals surface area (Å²) in [5.41, 5.74) is 0. The monoisotopic (exact) mass is 334 g/mol. The molecule has 0 radical (unpaired) electrons. The van der Waals surface area contributed by atoms with Gasteiger partial charge in [0, 0.05) is 19.4 Å². The average Bonchev–Trinajstić information content (AvgIpc) is 2.69. The van der Waals surface area contributed by atoms with E-state index >= 15 is 0 Å². The number of amides is 3. The van der Waals surface area contributed by atoms with E-state index in [0.29, 0.717) is 13.0 Å². The Hall–Kier alpha value is -1.44. The molecule has 7 nitrogen and oxygen atoms in total. The number of imide groups is 1. The highest BCUT2D eigenvalue weighted by Crippen LogP contribution is 2.18. The number of alkyl halides is 1. The quantitative estimate of drug-likeness (QED) is 0.383. The molecule has 2 N–H and O–H groups in total. The molecule has 1 fully saturated rings. The number of halogens is 1. The van der Waals surface area contributed by atoms with Crippen molar-refractivity contribution in [2.24, 2.45) is 0 Å². The number of nitrogens with one attached hydrogen (secondary N) is 1. The van der Waals surface area contributed by atoms with Crippen LogP contribution in [0.1, 0.15) is 25.7 Å². The number of carbonyl (C=O) groups excluding carboxylic acids is 3. The Labute approximate surface area is 118 Å². The van der Waals surface area contributed by atoms with Gasteiger partial charge in [0.1, 0.15) is 6.04 Å². The highest BCUT2D eigenvalue weighted by molar-refractivity contribution is 9.09. The summed E-state index contributed by atoms with van der Waals surface area (Å²) in [6, 6.07) is -1.14. The summed E-state index contributed by atoms with van der Waals surface area (Å²) in [5.74, 6) is -2.28. The van der Waals surface area contributed by atoms with E-state index in [1.54, 1.807) is 0 Å². The van der Waals surface area contributed by atoms with Crippen LogP contribution in [0.5, 0.6) is 0 Å². The molecule has 0 aromatic carbocycles. The lowest BCUT2D eigenvalue weighted by Gasteiger charge is -2.22. The molecule has 1 heterocycles. The molecule has 106 valence electrons. The van der Waals surface area contributed by atoms with Crippen molar-refractivity contribution in [3.63, 3.8) is 0 Å². The summed E-state index contributed by atoms with van der Waals surface area (Å²) >= 11 is 2.98. The topological polar surface area (TPSA) is 104 Å². The first kappa shape index (κ1) is 15.6. The van der Waals surface area contributed by atoms with E-state index in [-0.39, 0.29) is 30.5 Å². The summed E-state index contributed by atoms with van der Waals surface area (Å²) in [6.07, 6.45) is 0.661. The predicted octanol–water partition coefficient (Wildman–Crippen LogP) is -0.120. The van der Waals surface area contributed by atoms with Gasteiger partial charge in [-0.15, -0.1) is 0 Å². The smallest absolute Gasteiger partial charge is 0.326 e. The fraction of sp³-hybridized carbons (Fsp3) is 0.636. The maximum atomic E-state index is 11.5. The summed E-state index contributed by atoms with van der Waals surface area (Å²) < 4.78 is 0. The second-order valence-electron chi connectivity index (χ2n) is 4.14. The van der Waals surface area contributed by atoms with Crippen LogP contribution in [0, 0.1) is 0 Å². The number of carboxylic acids is 1. The first-order valence-electron chi connectivity index (χ1n) is 5.87. The van der Waals surface area contributed by atoms with Crippen LogP contribution in [-0.2, 0) is 19.2 Å². The SMILES string of the molecule is O=C(CBr)NCCCC(C(=O)O)N1C(=O)CCC1=O. The summed E-state index contributed by atoms with van der Waals surface area (Å²) in [6.45, 7) is 0.310. The van der Waals surface area contributed by atoms with Crippen LogP contribution < -0.4 is 5.32 Å². The van der Waals surface area contributed by atoms with Crippen LogP contribution in [-0.4, -0.2) is 51.6 Å². The highest BCUT2D eigenvalue weighted by atomic mass is 79.9. The van der Waals surface area contributed by atoms with Gasteiger partial charge in [-0.1, -0.05) is 15.9 Å². The van der Waals surface area contributed by atoms with Crippen LogP contribution in [0.15, 0.2) is 0 Å². The van der Waals surface area contributed by atoms with E-state index in [2.05, 4.69) is 21.2 Å². The average molecular weight is 335 g/mol. The molecule has 1 saturated heterocycles. The number of likely N-dealkylation sites (tertiary alicyclic amines) is 1. The fourth-order valence-corrected chi connectivity index (χ4v) is 2.07. The van der Waals surface area contributed by atoms with Gasteiger partial charge in [-0.25, -0.2) is 4.79 Å². The van der Waals surface area contributed by atoms with Crippen LogP contribution in [0.4, 0.5) is 0 Å². The first-order valence-corrected chi connectivity index (χ1v) is 7.00. The first-order chi connectivity index (χ1) is 8.97. The molecule has 0 aromatic heterocycles. The Balaban J connectivity index is 2.50. The third-order valence-corrected chi connectivity index (χ3v) is 3.29. The second kappa shape index (κ2) is 7.22. The lowest BCUT2D eigenvalue weighted by atomic mass is 10.1. The van der Waals surface area contributed by atoms with Crippen LogP contribution in [0.3, 0.4) is 0 Å². The van der Waals surface area contributed by atoms with Gasteiger partial charge >= 0.3 is 5.97 Å². The molecule has 3 amide bonds. The van der Waals surface area contributed by atoms with Gasteiger partial charge in [0.15, 0.2) is 0 Å². The zero-order valence-corrected chi connectivity index (χ0v) is 11.8. The zero-order chi connectivity index (χ0) is 14.4. The van der Waals surface area contributed by atoms with Gasteiger partial charge in [0.05, 0.1) is 5.33 Å². The Kier molecular flexibility index (Phi) is 5.94. The van der Waals surface area contributed by atoms with E-state index in [1.807, 2.05) is 0 Å². The molecule has 0 aromatic rings.